The van der Waals surface area contributed by atoms with Crippen LogP contribution in [0.1, 0.15) is 36.4 Å². The largest absolute Gasteiger partial charge is 0.398 e. The molecule has 0 unspecified atom stereocenters. The van der Waals surface area contributed by atoms with Crippen LogP contribution in [0.5, 0.6) is 0 Å². The predicted molar refractivity (Wildman–Crippen MR) is 141 cm³/mol. The molecular formula is C25H32N4O4S2. The summed E-state index contributed by atoms with van der Waals surface area (Å²) in [7, 11) is -2.24. The Hall–Kier alpha value is -2.95. The normalized spacial score (nSPS) is 12.7. The van der Waals surface area contributed by atoms with Gasteiger partial charge in [-0.25, -0.2) is 12.7 Å². The number of fused-ring (bicyclic) bond motifs is 1. The second-order valence-electron chi connectivity index (χ2n) is 8.81. The first-order valence-electron chi connectivity index (χ1n) is 11.5. The molecule has 8 nitrogen and oxygen atoms in total. The monoisotopic (exact) mass is 516 g/mol. The number of carbonyl (C=O) groups is 2. The van der Waals surface area contributed by atoms with Crippen molar-refractivity contribution in [1.29, 1.82) is 0 Å². The van der Waals surface area contributed by atoms with Crippen molar-refractivity contribution < 1.29 is 18.0 Å². The Kier molecular flexibility index (Phi) is 8.87. The molecule has 1 aromatic heterocycles. The van der Waals surface area contributed by atoms with Gasteiger partial charge in [0.1, 0.15) is 10.9 Å². The number of benzene rings is 2. The van der Waals surface area contributed by atoms with Crippen LogP contribution in [-0.2, 0) is 14.8 Å². The molecule has 0 saturated heterocycles. The van der Waals surface area contributed by atoms with Gasteiger partial charge in [0, 0.05) is 24.8 Å². The maximum absolute atomic E-state index is 12.9. The number of hydrogen-bond donors (Lipinski definition) is 3. The second kappa shape index (κ2) is 11.7. The highest BCUT2D eigenvalue weighted by molar-refractivity contribution is 7.89. The first-order valence-corrected chi connectivity index (χ1v) is 13.7. The van der Waals surface area contributed by atoms with E-state index >= 15 is 0 Å². The third kappa shape index (κ3) is 6.81. The van der Waals surface area contributed by atoms with Crippen LogP contribution in [-0.4, -0.2) is 50.7 Å². The molecule has 1 heterocycles. The van der Waals surface area contributed by atoms with Gasteiger partial charge in [0.05, 0.1) is 10.6 Å². The molecule has 4 N–H and O–H groups in total. The van der Waals surface area contributed by atoms with E-state index in [0.29, 0.717) is 17.7 Å². The van der Waals surface area contributed by atoms with Crippen LogP contribution in [0, 0.1) is 5.92 Å². The molecule has 0 spiro atoms. The van der Waals surface area contributed by atoms with Gasteiger partial charge in [-0.15, -0.1) is 11.3 Å². The Morgan fingerprint density at radius 3 is 2.46 bits per heavy atom. The summed E-state index contributed by atoms with van der Waals surface area (Å²) in [6.07, 6.45) is 0.900. The van der Waals surface area contributed by atoms with E-state index in [-0.39, 0.29) is 41.4 Å². The average Bonchev–Trinajstić information content (AvgIpc) is 3.25. The molecule has 0 saturated carbocycles. The Morgan fingerprint density at radius 1 is 1.09 bits per heavy atom. The molecule has 0 bridgehead atoms. The zero-order chi connectivity index (χ0) is 25.6. The molecule has 3 aromatic rings. The molecule has 0 aliphatic rings. The van der Waals surface area contributed by atoms with Crippen molar-refractivity contribution in [2.75, 3.05) is 25.9 Å². The van der Waals surface area contributed by atoms with Crippen LogP contribution >= 0.6 is 11.3 Å². The lowest BCUT2D eigenvalue weighted by Crippen LogP contribution is -2.47. The van der Waals surface area contributed by atoms with Gasteiger partial charge < -0.3 is 16.4 Å². The fourth-order valence-electron chi connectivity index (χ4n) is 3.67. The van der Waals surface area contributed by atoms with Crippen LogP contribution < -0.4 is 16.4 Å². The molecule has 10 heteroatoms. The number of para-hydroxylation sites is 1. The van der Waals surface area contributed by atoms with Crippen LogP contribution in [0.25, 0.3) is 10.1 Å². The third-order valence-electron chi connectivity index (χ3n) is 5.53. The highest BCUT2D eigenvalue weighted by Gasteiger charge is 2.25. The second-order valence-corrected chi connectivity index (χ2v) is 11.9. The Labute approximate surface area is 210 Å². The molecule has 0 fully saturated rings. The van der Waals surface area contributed by atoms with Gasteiger partial charge in [0.15, 0.2) is 0 Å². The molecule has 3 rings (SSSR count). The number of nitrogen functional groups attached to an aromatic ring is 1. The SMILES string of the molecule is CC(C)C[C@H](NC(=O)c1cc2ccccc2s1)C(=O)NCCCN(C)S(=O)(=O)c1ccccc1N. The number of amides is 2. The Bertz CT molecular complexity index is 1250. The molecular weight excluding hydrogens is 484 g/mol. The number of nitrogens with zero attached hydrogens (tertiary/aromatic N) is 1. The number of sulfonamides is 1. The first kappa shape index (κ1) is 26.7. The van der Waals surface area contributed by atoms with E-state index in [9.17, 15) is 18.0 Å². The van der Waals surface area contributed by atoms with Gasteiger partial charge in [-0.3, -0.25) is 9.59 Å². The summed E-state index contributed by atoms with van der Waals surface area (Å²) in [4.78, 5) is 26.3. The fraction of sp³-hybridized carbons (Fsp3) is 0.360. The van der Waals surface area contributed by atoms with E-state index in [1.165, 1.54) is 28.8 Å². The van der Waals surface area contributed by atoms with E-state index in [4.69, 9.17) is 5.73 Å². The zero-order valence-corrected chi connectivity index (χ0v) is 21.8. The van der Waals surface area contributed by atoms with Crippen LogP contribution in [0.2, 0.25) is 0 Å². The molecule has 0 aliphatic carbocycles. The summed E-state index contributed by atoms with van der Waals surface area (Å²) >= 11 is 1.39. The number of nitrogens with one attached hydrogen (secondary N) is 2. The maximum Gasteiger partial charge on any atom is 0.262 e. The van der Waals surface area contributed by atoms with Crippen LogP contribution in [0.4, 0.5) is 5.69 Å². The van der Waals surface area contributed by atoms with Gasteiger partial charge in [-0.05, 0) is 48.4 Å². The maximum atomic E-state index is 12.9. The van der Waals surface area contributed by atoms with Crippen molar-refractivity contribution in [3.05, 3.63) is 59.5 Å². The first-order chi connectivity index (χ1) is 16.6. The topological polar surface area (TPSA) is 122 Å². The Morgan fingerprint density at radius 2 is 1.77 bits per heavy atom. The van der Waals surface area contributed by atoms with Crippen molar-refractivity contribution >= 4 is 48.9 Å². The summed E-state index contributed by atoms with van der Waals surface area (Å²) in [6, 6.07) is 15.2. The predicted octanol–water partition coefficient (Wildman–Crippen LogP) is 3.46. The van der Waals surface area contributed by atoms with Crippen molar-refractivity contribution in [2.24, 2.45) is 5.92 Å². The summed E-state index contributed by atoms with van der Waals surface area (Å²) < 4.78 is 27.7. The van der Waals surface area contributed by atoms with Crippen LogP contribution in [0.3, 0.4) is 0 Å². The van der Waals surface area contributed by atoms with Gasteiger partial charge in [-0.1, -0.05) is 44.2 Å². The minimum atomic E-state index is -3.72. The third-order valence-corrected chi connectivity index (χ3v) is 8.58. The standard InChI is InChI=1S/C25H32N4O4S2/c1-17(2)15-20(28-25(31)22-16-18-9-4-6-11-21(18)34-22)24(30)27-13-8-14-29(3)35(32,33)23-12-7-5-10-19(23)26/h4-7,9-12,16-17,20H,8,13-15,26H2,1-3H3,(H,27,30)(H,28,31)/t20-/m0/s1. The van der Waals surface area contributed by atoms with Crippen molar-refractivity contribution in [3.8, 4) is 0 Å². The van der Waals surface area contributed by atoms with E-state index in [1.54, 1.807) is 18.2 Å². The Balaban J connectivity index is 1.55. The minimum Gasteiger partial charge on any atom is -0.398 e. The number of hydrogen-bond acceptors (Lipinski definition) is 6. The lowest BCUT2D eigenvalue weighted by molar-refractivity contribution is -0.123. The quantitative estimate of drug-likeness (QED) is 0.266. The van der Waals surface area contributed by atoms with Crippen molar-refractivity contribution in [1.82, 2.24) is 14.9 Å². The molecule has 35 heavy (non-hydrogen) atoms. The summed E-state index contributed by atoms with van der Waals surface area (Å²) in [6.45, 7) is 4.46. The van der Waals surface area contributed by atoms with Gasteiger partial charge in [0.25, 0.3) is 5.91 Å². The number of carbonyl (C=O) groups excluding carboxylic acids is 2. The average molecular weight is 517 g/mol. The summed E-state index contributed by atoms with van der Waals surface area (Å²) in [5.41, 5.74) is 6.01. The van der Waals surface area contributed by atoms with Gasteiger partial charge in [-0.2, -0.15) is 0 Å². The fourth-order valence-corrected chi connectivity index (χ4v) is 5.95. The van der Waals surface area contributed by atoms with E-state index in [1.807, 2.05) is 44.2 Å². The smallest absolute Gasteiger partial charge is 0.262 e. The number of thiophene rings is 1. The van der Waals surface area contributed by atoms with E-state index < -0.39 is 16.1 Å². The molecule has 2 amide bonds. The number of rotatable bonds is 11. The molecule has 2 aromatic carbocycles. The number of nitrogens with two attached hydrogens (primary N) is 1. The molecule has 0 aliphatic heterocycles. The minimum absolute atomic E-state index is 0.0625. The van der Waals surface area contributed by atoms with Crippen LogP contribution in [0.15, 0.2) is 59.5 Å². The lowest BCUT2D eigenvalue weighted by Gasteiger charge is -2.21. The van der Waals surface area contributed by atoms with Gasteiger partial charge >= 0.3 is 0 Å². The summed E-state index contributed by atoms with van der Waals surface area (Å²) in [5, 5.41) is 6.69. The molecule has 0 radical (unpaired) electrons. The molecule has 188 valence electrons. The highest BCUT2D eigenvalue weighted by atomic mass is 32.2. The van der Waals surface area contributed by atoms with Crippen molar-refractivity contribution in [2.45, 2.75) is 37.6 Å². The van der Waals surface area contributed by atoms with Gasteiger partial charge in [0.2, 0.25) is 15.9 Å². The van der Waals surface area contributed by atoms with E-state index in [2.05, 4.69) is 10.6 Å². The molecule has 1 atom stereocenters. The van der Waals surface area contributed by atoms with E-state index in [0.717, 1.165) is 10.1 Å². The number of anilines is 1. The summed E-state index contributed by atoms with van der Waals surface area (Å²) in [5.74, 6) is -0.370. The van der Waals surface area contributed by atoms with Crippen molar-refractivity contribution in [3.63, 3.8) is 0 Å². The zero-order valence-electron chi connectivity index (χ0n) is 20.2. The lowest BCUT2D eigenvalue weighted by atomic mass is 10.0. The highest BCUT2D eigenvalue weighted by Crippen LogP contribution is 2.25.